The van der Waals surface area contributed by atoms with Gasteiger partial charge in [-0.1, -0.05) is 0 Å². The van der Waals surface area contributed by atoms with Crippen LogP contribution in [0.4, 0.5) is 33.5 Å². The number of amides is 1. The molecule has 1 spiro atoms. The molecule has 5 rings (SSSR count). The maximum Gasteiger partial charge on any atom is 0.419 e. The molecule has 2 aliphatic heterocycles. The minimum atomic E-state index is -4.57. The highest BCUT2D eigenvalue weighted by Crippen LogP contribution is 2.42. The molecule has 1 N–H and O–H groups in total. The molecule has 1 atom stereocenters. The number of hydrogen-bond donors (Lipinski definition) is 1. The molecular formula is C25H25F5N6O2. The SMILES string of the molecule is CC(O)c1nc(N2CCC3(CCCC(=O)N3c3ccc(F)c(F)c3)CC2)cc(-n2cc(C(F)(F)F)cn2)n1. The number of halogens is 5. The first kappa shape index (κ1) is 26.0. The lowest BCUT2D eigenvalue weighted by Crippen LogP contribution is -2.60. The van der Waals surface area contributed by atoms with E-state index >= 15 is 0 Å². The Bertz CT molecular complexity index is 1350. The first-order chi connectivity index (χ1) is 18.0. The van der Waals surface area contributed by atoms with Crippen LogP contribution in [-0.2, 0) is 11.0 Å². The largest absolute Gasteiger partial charge is 0.419 e. The molecule has 3 aromatic rings. The van der Waals surface area contributed by atoms with E-state index in [-0.39, 0.29) is 17.5 Å². The quantitative estimate of drug-likeness (QED) is 0.492. The maximum atomic E-state index is 14.0. The average molecular weight is 537 g/mol. The molecule has 2 aliphatic rings. The lowest BCUT2D eigenvalue weighted by atomic mass is 9.78. The summed E-state index contributed by atoms with van der Waals surface area (Å²) >= 11 is 0. The number of anilines is 2. The van der Waals surface area contributed by atoms with E-state index < -0.39 is 35.0 Å². The summed E-state index contributed by atoms with van der Waals surface area (Å²) < 4.78 is 67.8. The predicted molar refractivity (Wildman–Crippen MR) is 127 cm³/mol. The molecule has 38 heavy (non-hydrogen) atoms. The van der Waals surface area contributed by atoms with Crippen molar-refractivity contribution in [3.05, 3.63) is 59.7 Å². The van der Waals surface area contributed by atoms with E-state index in [0.717, 1.165) is 23.0 Å². The number of piperidine rings is 2. The fourth-order valence-electron chi connectivity index (χ4n) is 5.22. The number of carbonyl (C=O) groups excluding carboxylic acids is 1. The van der Waals surface area contributed by atoms with E-state index in [4.69, 9.17) is 0 Å². The van der Waals surface area contributed by atoms with Crippen molar-refractivity contribution in [3.63, 3.8) is 0 Å². The zero-order valence-electron chi connectivity index (χ0n) is 20.4. The average Bonchev–Trinajstić information content (AvgIpc) is 3.38. The lowest BCUT2D eigenvalue weighted by Gasteiger charge is -2.51. The molecule has 1 unspecified atom stereocenters. The molecular weight excluding hydrogens is 511 g/mol. The van der Waals surface area contributed by atoms with Crippen LogP contribution < -0.4 is 9.80 Å². The minimum Gasteiger partial charge on any atom is -0.385 e. The van der Waals surface area contributed by atoms with Crippen molar-refractivity contribution in [3.8, 4) is 5.82 Å². The standard InChI is InChI=1S/C25H25F5N6O2/c1-15(37)23-32-20(12-21(33-23)35-14-16(13-31-35)25(28,29)30)34-9-7-24(8-10-34)6-2-3-22(38)36(24)17-4-5-18(26)19(27)11-17/h4-5,11-15,37H,2-3,6-10H2,1H3. The summed E-state index contributed by atoms with van der Waals surface area (Å²) in [6.45, 7) is 2.30. The molecule has 0 radical (unpaired) electrons. The van der Waals surface area contributed by atoms with Crippen molar-refractivity contribution in [1.82, 2.24) is 19.7 Å². The Morgan fingerprint density at radius 3 is 2.37 bits per heavy atom. The van der Waals surface area contributed by atoms with Crippen molar-refractivity contribution >= 4 is 17.4 Å². The monoisotopic (exact) mass is 536 g/mol. The normalized spacial score (nSPS) is 18.8. The van der Waals surface area contributed by atoms with Crippen LogP contribution in [0.15, 0.2) is 36.7 Å². The van der Waals surface area contributed by atoms with Gasteiger partial charge in [0.25, 0.3) is 0 Å². The van der Waals surface area contributed by atoms with Crippen LogP contribution >= 0.6 is 0 Å². The number of aliphatic hydroxyl groups is 1. The van der Waals surface area contributed by atoms with Gasteiger partial charge in [-0.25, -0.2) is 23.4 Å². The Morgan fingerprint density at radius 1 is 1.03 bits per heavy atom. The smallest absolute Gasteiger partial charge is 0.385 e. The molecule has 1 amide bonds. The second-order valence-electron chi connectivity index (χ2n) is 9.68. The topological polar surface area (TPSA) is 87.4 Å². The van der Waals surface area contributed by atoms with Gasteiger partial charge < -0.3 is 14.9 Å². The minimum absolute atomic E-state index is 0.0260. The molecule has 2 aromatic heterocycles. The van der Waals surface area contributed by atoms with Gasteiger partial charge in [0, 0.05) is 43.5 Å². The van der Waals surface area contributed by atoms with Crippen molar-refractivity contribution in [1.29, 1.82) is 0 Å². The molecule has 0 aliphatic carbocycles. The number of rotatable bonds is 4. The molecule has 202 valence electrons. The first-order valence-electron chi connectivity index (χ1n) is 12.2. The number of aromatic nitrogens is 4. The van der Waals surface area contributed by atoms with Gasteiger partial charge in [0.05, 0.1) is 17.3 Å². The molecule has 0 saturated carbocycles. The van der Waals surface area contributed by atoms with Crippen LogP contribution in [0.2, 0.25) is 0 Å². The van der Waals surface area contributed by atoms with E-state index in [9.17, 15) is 31.9 Å². The van der Waals surface area contributed by atoms with Crippen LogP contribution in [-0.4, -0.2) is 49.4 Å². The lowest BCUT2D eigenvalue weighted by molar-refractivity contribution is -0.137. The van der Waals surface area contributed by atoms with E-state index in [1.165, 1.54) is 19.1 Å². The molecule has 0 bridgehead atoms. The molecule has 2 fully saturated rings. The number of aliphatic hydroxyl groups excluding tert-OH is 1. The highest BCUT2D eigenvalue weighted by Gasteiger charge is 2.45. The summed E-state index contributed by atoms with van der Waals surface area (Å²) in [5, 5.41) is 13.9. The summed E-state index contributed by atoms with van der Waals surface area (Å²) in [7, 11) is 0. The Balaban J connectivity index is 1.43. The Kier molecular flexibility index (Phi) is 6.58. The fraction of sp³-hybridized carbons (Fsp3) is 0.440. The van der Waals surface area contributed by atoms with Crippen molar-refractivity contribution in [2.45, 2.75) is 56.8 Å². The Morgan fingerprint density at radius 2 is 1.74 bits per heavy atom. The second-order valence-corrected chi connectivity index (χ2v) is 9.68. The third kappa shape index (κ3) is 4.82. The maximum absolute atomic E-state index is 14.0. The second kappa shape index (κ2) is 9.61. The number of carbonyl (C=O) groups is 1. The number of nitrogens with zero attached hydrogens (tertiary/aromatic N) is 6. The molecule has 2 saturated heterocycles. The van der Waals surface area contributed by atoms with E-state index in [1.807, 2.05) is 4.90 Å². The summed E-state index contributed by atoms with van der Waals surface area (Å²) in [6.07, 6.45) is -1.47. The third-order valence-electron chi connectivity index (χ3n) is 7.17. The number of hydrogen-bond acceptors (Lipinski definition) is 6. The summed E-state index contributed by atoms with van der Waals surface area (Å²) in [6, 6.07) is 4.95. The van der Waals surface area contributed by atoms with Gasteiger partial charge in [-0.05, 0) is 44.7 Å². The van der Waals surface area contributed by atoms with Gasteiger partial charge in [0.2, 0.25) is 5.91 Å². The van der Waals surface area contributed by atoms with Gasteiger partial charge in [-0.3, -0.25) is 4.79 Å². The molecule has 8 nitrogen and oxygen atoms in total. The highest BCUT2D eigenvalue weighted by atomic mass is 19.4. The summed E-state index contributed by atoms with van der Waals surface area (Å²) in [5.41, 5.74) is -1.22. The van der Waals surface area contributed by atoms with E-state index in [1.54, 1.807) is 4.90 Å². The summed E-state index contributed by atoms with van der Waals surface area (Å²) in [4.78, 5) is 25.1. The van der Waals surface area contributed by atoms with Crippen LogP contribution in [0.5, 0.6) is 0 Å². The van der Waals surface area contributed by atoms with E-state index in [2.05, 4.69) is 15.1 Å². The Hall–Kier alpha value is -3.61. The third-order valence-corrected chi connectivity index (χ3v) is 7.17. The van der Waals surface area contributed by atoms with Gasteiger partial charge in [-0.2, -0.15) is 18.3 Å². The van der Waals surface area contributed by atoms with Gasteiger partial charge in [-0.15, -0.1) is 0 Å². The molecule has 13 heteroatoms. The van der Waals surface area contributed by atoms with Gasteiger partial charge in [0.1, 0.15) is 11.9 Å². The van der Waals surface area contributed by atoms with E-state index in [0.29, 0.717) is 62.9 Å². The zero-order chi connectivity index (χ0) is 27.2. The van der Waals surface area contributed by atoms with Crippen LogP contribution in [0.1, 0.15) is 56.5 Å². The van der Waals surface area contributed by atoms with Crippen molar-refractivity contribution in [2.24, 2.45) is 0 Å². The van der Waals surface area contributed by atoms with Gasteiger partial charge in [0.15, 0.2) is 23.3 Å². The van der Waals surface area contributed by atoms with Crippen LogP contribution in [0, 0.1) is 11.6 Å². The fourth-order valence-corrected chi connectivity index (χ4v) is 5.22. The number of alkyl halides is 3. The zero-order valence-corrected chi connectivity index (χ0v) is 20.4. The molecule has 4 heterocycles. The van der Waals surface area contributed by atoms with Crippen LogP contribution in [0.25, 0.3) is 5.82 Å². The van der Waals surface area contributed by atoms with Crippen molar-refractivity contribution < 1.29 is 31.9 Å². The summed E-state index contributed by atoms with van der Waals surface area (Å²) in [5.74, 6) is -1.69. The predicted octanol–water partition coefficient (Wildman–Crippen LogP) is 4.57. The molecule has 1 aromatic carbocycles. The first-order valence-corrected chi connectivity index (χ1v) is 12.2. The number of benzene rings is 1. The van der Waals surface area contributed by atoms with Gasteiger partial charge >= 0.3 is 6.18 Å². The van der Waals surface area contributed by atoms with Crippen LogP contribution in [0.3, 0.4) is 0 Å². The highest BCUT2D eigenvalue weighted by molar-refractivity contribution is 5.95. The Labute approximate surface area is 214 Å². The van der Waals surface area contributed by atoms with Crippen molar-refractivity contribution in [2.75, 3.05) is 22.9 Å².